The van der Waals surface area contributed by atoms with E-state index in [4.69, 9.17) is 9.47 Å². The number of hydrogen-bond donors (Lipinski definition) is 1. The van der Waals surface area contributed by atoms with Gasteiger partial charge in [0.25, 0.3) is 5.91 Å². The summed E-state index contributed by atoms with van der Waals surface area (Å²) in [5.74, 6) is 1.19. The van der Waals surface area contributed by atoms with Gasteiger partial charge in [-0.15, -0.1) is 0 Å². The molecule has 2 aromatic carbocycles. The monoisotopic (exact) mass is 516 g/mol. The van der Waals surface area contributed by atoms with Crippen LogP contribution in [0.3, 0.4) is 0 Å². The molecule has 0 aliphatic carbocycles. The van der Waals surface area contributed by atoms with Gasteiger partial charge in [0, 0.05) is 15.3 Å². The predicted molar refractivity (Wildman–Crippen MR) is 127 cm³/mol. The maximum absolute atomic E-state index is 12.8. The van der Waals surface area contributed by atoms with Crippen molar-refractivity contribution in [3.05, 3.63) is 81.2 Å². The highest BCUT2D eigenvalue weighted by Gasteiger charge is 2.15. The van der Waals surface area contributed by atoms with Crippen molar-refractivity contribution in [2.75, 3.05) is 5.32 Å². The van der Waals surface area contributed by atoms with Gasteiger partial charge in [0.1, 0.15) is 11.5 Å². The fourth-order valence-corrected chi connectivity index (χ4v) is 3.54. The number of nitrogens with one attached hydrogen (secondary N) is 1. The molecular formula is C24H25IN2O3. The Morgan fingerprint density at radius 1 is 1.00 bits per heavy atom. The third-order valence-electron chi connectivity index (χ3n) is 4.37. The van der Waals surface area contributed by atoms with E-state index in [1.54, 1.807) is 12.1 Å². The summed E-state index contributed by atoms with van der Waals surface area (Å²) >= 11 is 2.24. The van der Waals surface area contributed by atoms with E-state index in [2.05, 4.69) is 32.9 Å². The number of aryl methyl sites for hydroxylation is 1. The lowest BCUT2D eigenvalue weighted by Gasteiger charge is -2.17. The third-order valence-corrected chi connectivity index (χ3v) is 5.04. The Balaban J connectivity index is 1.71. The van der Waals surface area contributed by atoms with Gasteiger partial charge in [-0.1, -0.05) is 12.1 Å². The third kappa shape index (κ3) is 6.03. The smallest absolute Gasteiger partial charge is 0.257 e. The second-order valence-electron chi connectivity index (χ2n) is 7.24. The van der Waals surface area contributed by atoms with E-state index < -0.39 is 0 Å². The maximum atomic E-state index is 12.8. The van der Waals surface area contributed by atoms with Crippen molar-refractivity contribution in [1.82, 2.24) is 4.98 Å². The van der Waals surface area contributed by atoms with Gasteiger partial charge < -0.3 is 14.8 Å². The molecule has 1 aromatic heterocycles. The fraction of sp³-hybridized carbons (Fsp3) is 0.250. The minimum atomic E-state index is -0.213. The lowest BCUT2D eigenvalue weighted by molar-refractivity contribution is 0.0154. The molecule has 5 nitrogen and oxygen atoms in total. The molecule has 6 heteroatoms. The van der Waals surface area contributed by atoms with Gasteiger partial charge in [0.15, 0.2) is 0 Å². The van der Waals surface area contributed by atoms with E-state index in [9.17, 15) is 4.79 Å². The van der Waals surface area contributed by atoms with Gasteiger partial charge in [-0.25, -0.2) is 0 Å². The van der Waals surface area contributed by atoms with Gasteiger partial charge >= 0.3 is 0 Å². The van der Waals surface area contributed by atoms with Crippen molar-refractivity contribution >= 4 is 34.2 Å². The number of amides is 1. The molecule has 3 rings (SSSR count). The molecule has 3 aromatic rings. The van der Waals surface area contributed by atoms with Crippen LogP contribution >= 0.6 is 22.6 Å². The minimum absolute atomic E-state index is 0.110. The van der Waals surface area contributed by atoms with Crippen molar-refractivity contribution in [2.45, 2.75) is 39.9 Å². The van der Waals surface area contributed by atoms with Crippen LogP contribution in [0.15, 0.2) is 60.7 Å². The molecule has 0 aliphatic rings. The Labute approximate surface area is 191 Å². The van der Waals surface area contributed by atoms with Gasteiger partial charge in [-0.05, 0) is 92.8 Å². The summed E-state index contributed by atoms with van der Waals surface area (Å²) < 4.78 is 12.8. The van der Waals surface area contributed by atoms with Crippen molar-refractivity contribution in [3.8, 4) is 11.5 Å². The Kier molecular flexibility index (Phi) is 7.44. The van der Waals surface area contributed by atoms with Gasteiger partial charge in [-0.2, -0.15) is 0 Å². The Morgan fingerprint density at radius 2 is 1.70 bits per heavy atom. The van der Waals surface area contributed by atoms with E-state index in [1.807, 2.05) is 76.2 Å². The standard InChI is InChI=1S/C24H25IN2O3/c1-15(2)29-17(4)23-12-11-22(16(3)26-23)24(28)27-19-8-6-10-21(14-19)30-20-9-5-7-18(25)13-20/h5-15,17H,1-4H3,(H,27,28). The first-order valence-electron chi connectivity index (χ1n) is 9.79. The highest BCUT2D eigenvalue weighted by molar-refractivity contribution is 14.1. The van der Waals surface area contributed by atoms with Gasteiger partial charge in [0.2, 0.25) is 0 Å². The number of nitrogens with zero attached hydrogens (tertiary/aromatic N) is 1. The van der Waals surface area contributed by atoms with Crippen molar-refractivity contribution in [1.29, 1.82) is 0 Å². The molecule has 0 spiro atoms. The zero-order chi connectivity index (χ0) is 21.7. The fourth-order valence-electron chi connectivity index (χ4n) is 3.03. The number of carbonyl (C=O) groups excluding carboxylic acids is 1. The SMILES string of the molecule is Cc1nc(C(C)OC(C)C)ccc1C(=O)Nc1cccc(Oc2cccc(I)c2)c1. The first-order valence-corrected chi connectivity index (χ1v) is 10.9. The molecular weight excluding hydrogens is 491 g/mol. The first kappa shape index (κ1) is 22.2. The minimum Gasteiger partial charge on any atom is -0.457 e. The van der Waals surface area contributed by atoms with Crippen LogP contribution in [0.4, 0.5) is 5.69 Å². The van der Waals surface area contributed by atoms with Crippen LogP contribution in [0.25, 0.3) is 0 Å². The molecule has 1 amide bonds. The number of carbonyl (C=O) groups is 1. The first-order chi connectivity index (χ1) is 14.3. The van der Waals surface area contributed by atoms with E-state index in [-0.39, 0.29) is 18.1 Å². The Morgan fingerprint density at radius 3 is 2.37 bits per heavy atom. The molecule has 1 heterocycles. The number of halogens is 1. The van der Waals surface area contributed by atoms with Crippen LogP contribution < -0.4 is 10.1 Å². The maximum Gasteiger partial charge on any atom is 0.257 e. The summed E-state index contributed by atoms with van der Waals surface area (Å²) in [4.78, 5) is 17.3. The van der Waals surface area contributed by atoms with Crippen LogP contribution in [-0.4, -0.2) is 17.0 Å². The van der Waals surface area contributed by atoms with Gasteiger partial charge in [-0.3, -0.25) is 9.78 Å². The predicted octanol–water partition coefficient (Wildman–Crippen LogP) is 6.53. The van der Waals surface area contributed by atoms with Crippen LogP contribution in [0, 0.1) is 10.5 Å². The van der Waals surface area contributed by atoms with Crippen molar-refractivity contribution in [2.24, 2.45) is 0 Å². The molecule has 0 saturated heterocycles. The molecule has 1 atom stereocenters. The molecule has 0 saturated carbocycles. The number of pyridine rings is 1. The van der Waals surface area contributed by atoms with Gasteiger partial charge in [0.05, 0.1) is 29.2 Å². The van der Waals surface area contributed by atoms with Crippen LogP contribution in [0.5, 0.6) is 11.5 Å². The van der Waals surface area contributed by atoms with E-state index in [1.165, 1.54) is 0 Å². The van der Waals surface area contributed by atoms with Crippen molar-refractivity contribution in [3.63, 3.8) is 0 Å². The zero-order valence-electron chi connectivity index (χ0n) is 17.5. The quantitative estimate of drug-likeness (QED) is 0.363. The molecule has 30 heavy (non-hydrogen) atoms. The number of ether oxygens (including phenoxy) is 2. The van der Waals surface area contributed by atoms with E-state index >= 15 is 0 Å². The molecule has 0 aliphatic heterocycles. The number of rotatable bonds is 7. The van der Waals surface area contributed by atoms with E-state index in [0.717, 1.165) is 15.0 Å². The average molecular weight is 516 g/mol. The second kappa shape index (κ2) is 10.0. The summed E-state index contributed by atoms with van der Waals surface area (Å²) in [5.41, 5.74) is 2.66. The molecule has 0 bridgehead atoms. The molecule has 1 N–H and O–H groups in total. The van der Waals surface area contributed by atoms with Crippen molar-refractivity contribution < 1.29 is 14.3 Å². The number of benzene rings is 2. The highest BCUT2D eigenvalue weighted by atomic mass is 127. The topological polar surface area (TPSA) is 60.5 Å². The molecule has 0 radical (unpaired) electrons. The normalized spacial score (nSPS) is 11.9. The Hall–Kier alpha value is -2.45. The lowest BCUT2D eigenvalue weighted by atomic mass is 10.1. The largest absolute Gasteiger partial charge is 0.457 e. The Bertz CT molecular complexity index is 1040. The summed E-state index contributed by atoms with van der Waals surface area (Å²) in [5, 5.41) is 2.93. The number of anilines is 1. The number of hydrogen-bond acceptors (Lipinski definition) is 4. The summed E-state index contributed by atoms with van der Waals surface area (Å²) in [7, 11) is 0. The number of aromatic nitrogens is 1. The average Bonchev–Trinajstić information content (AvgIpc) is 2.67. The molecule has 0 fully saturated rings. The summed E-state index contributed by atoms with van der Waals surface area (Å²) in [6.45, 7) is 7.76. The lowest BCUT2D eigenvalue weighted by Crippen LogP contribution is -2.16. The highest BCUT2D eigenvalue weighted by Crippen LogP contribution is 2.26. The van der Waals surface area contributed by atoms with Crippen LogP contribution in [0.1, 0.15) is 48.6 Å². The second-order valence-corrected chi connectivity index (χ2v) is 8.48. The zero-order valence-corrected chi connectivity index (χ0v) is 19.6. The van der Waals surface area contributed by atoms with E-state index in [0.29, 0.717) is 22.7 Å². The summed E-state index contributed by atoms with van der Waals surface area (Å²) in [6.07, 6.45) is -0.0189. The van der Waals surface area contributed by atoms with Crippen LogP contribution in [-0.2, 0) is 4.74 Å². The molecule has 1 unspecified atom stereocenters. The van der Waals surface area contributed by atoms with Crippen LogP contribution in [0.2, 0.25) is 0 Å². The molecule has 156 valence electrons. The summed E-state index contributed by atoms with van der Waals surface area (Å²) in [6, 6.07) is 18.7.